The second-order valence-corrected chi connectivity index (χ2v) is 8.24. The summed E-state index contributed by atoms with van der Waals surface area (Å²) in [7, 11) is 0. The molecular weight excluding hydrogens is 378 g/mol. The van der Waals surface area contributed by atoms with E-state index in [1.54, 1.807) is 0 Å². The lowest BCUT2D eigenvalue weighted by atomic mass is 10.0. The Morgan fingerprint density at radius 3 is 2.48 bits per heavy atom. The monoisotopic (exact) mass is 403 g/mol. The van der Waals surface area contributed by atoms with Gasteiger partial charge >= 0.3 is 0 Å². The van der Waals surface area contributed by atoms with Crippen LogP contribution in [0.15, 0.2) is 67.1 Å². The number of pyridine rings is 2. The molecule has 3 aromatic rings. The summed E-state index contributed by atoms with van der Waals surface area (Å²) in [4.78, 5) is 11.5. The van der Waals surface area contributed by atoms with E-state index in [1.807, 2.05) is 36.7 Å². The van der Waals surface area contributed by atoms with E-state index in [9.17, 15) is 0 Å². The van der Waals surface area contributed by atoms with Crippen molar-refractivity contribution in [2.75, 3.05) is 0 Å². The third-order valence-corrected chi connectivity index (χ3v) is 6.44. The molecule has 1 N–H and O–H groups in total. The molecule has 29 heavy (non-hydrogen) atoms. The highest BCUT2D eigenvalue weighted by Crippen LogP contribution is 2.42. The van der Waals surface area contributed by atoms with Crippen molar-refractivity contribution in [2.24, 2.45) is 0 Å². The quantitative estimate of drug-likeness (QED) is 0.633. The van der Waals surface area contributed by atoms with Crippen LogP contribution in [0.2, 0.25) is 0 Å². The van der Waals surface area contributed by atoms with Crippen LogP contribution in [0.1, 0.15) is 60.9 Å². The van der Waals surface area contributed by atoms with Crippen LogP contribution in [0, 0.1) is 0 Å². The fourth-order valence-electron chi connectivity index (χ4n) is 4.74. The van der Waals surface area contributed by atoms with Crippen molar-refractivity contribution in [3.05, 3.63) is 84.2 Å². The summed E-state index contributed by atoms with van der Waals surface area (Å²) >= 11 is 5.80. The van der Waals surface area contributed by atoms with Gasteiger partial charge in [0.05, 0.1) is 30.0 Å². The van der Waals surface area contributed by atoms with Gasteiger partial charge in [-0.05, 0) is 61.5 Å². The van der Waals surface area contributed by atoms with Gasteiger partial charge in [-0.1, -0.05) is 25.0 Å². The number of hydrogen-bond donors (Lipinski definition) is 1. The molecule has 3 aromatic heterocycles. The first-order valence-corrected chi connectivity index (χ1v) is 10.8. The smallest absolute Gasteiger partial charge is 0.170 e. The van der Waals surface area contributed by atoms with E-state index in [4.69, 9.17) is 12.2 Å². The Bertz CT molecular complexity index is 965. The van der Waals surface area contributed by atoms with Crippen LogP contribution in [0.25, 0.3) is 0 Å². The van der Waals surface area contributed by atoms with E-state index in [2.05, 4.69) is 55.2 Å². The average molecular weight is 404 g/mol. The predicted octanol–water partition coefficient (Wildman–Crippen LogP) is 4.57. The van der Waals surface area contributed by atoms with Gasteiger partial charge in [0.1, 0.15) is 0 Å². The first-order valence-electron chi connectivity index (χ1n) is 10.4. The first kappa shape index (κ1) is 18.3. The van der Waals surface area contributed by atoms with Crippen LogP contribution < -0.4 is 5.32 Å². The lowest BCUT2D eigenvalue weighted by molar-refractivity contribution is 0.288. The number of thiocarbonyl (C=S) groups is 1. The largest absolute Gasteiger partial charge is 0.352 e. The number of nitrogens with one attached hydrogen (secondary N) is 1. The van der Waals surface area contributed by atoms with Crippen molar-refractivity contribution in [3.8, 4) is 0 Å². The predicted molar refractivity (Wildman–Crippen MR) is 117 cm³/mol. The summed E-state index contributed by atoms with van der Waals surface area (Å²) in [6.07, 6.45) is 11.1. The molecule has 0 spiro atoms. The maximum Gasteiger partial charge on any atom is 0.170 e. The van der Waals surface area contributed by atoms with Crippen molar-refractivity contribution in [2.45, 2.75) is 50.4 Å². The molecule has 5 nitrogen and oxygen atoms in total. The van der Waals surface area contributed by atoms with E-state index in [0.29, 0.717) is 12.6 Å². The number of rotatable bonds is 5. The Balaban J connectivity index is 1.56. The zero-order chi connectivity index (χ0) is 19.6. The zero-order valence-corrected chi connectivity index (χ0v) is 17.1. The molecule has 1 aliphatic heterocycles. The Morgan fingerprint density at radius 2 is 1.76 bits per heavy atom. The molecule has 1 saturated carbocycles. The highest BCUT2D eigenvalue weighted by molar-refractivity contribution is 7.80. The molecule has 2 fully saturated rings. The fraction of sp³-hybridized carbons (Fsp3) is 0.348. The van der Waals surface area contributed by atoms with Crippen LogP contribution in [0.3, 0.4) is 0 Å². The minimum atomic E-state index is 0.0162. The molecule has 0 radical (unpaired) electrons. The summed E-state index contributed by atoms with van der Waals surface area (Å²) in [5, 5.41) is 4.31. The summed E-state index contributed by atoms with van der Waals surface area (Å²) < 4.78 is 2.48. The van der Waals surface area contributed by atoms with Gasteiger partial charge in [-0.25, -0.2) is 0 Å². The van der Waals surface area contributed by atoms with Gasteiger partial charge in [0.25, 0.3) is 0 Å². The maximum atomic E-state index is 5.80. The lowest BCUT2D eigenvalue weighted by Gasteiger charge is -2.30. The SMILES string of the molecule is S=C1N[C@H](c2ccccn2)[C@H](c2cccn2C2CCCC2)N1Cc1ccccn1. The van der Waals surface area contributed by atoms with Gasteiger partial charge in [0.15, 0.2) is 5.11 Å². The first-order chi connectivity index (χ1) is 14.3. The van der Waals surface area contributed by atoms with Crippen LogP contribution in [0.5, 0.6) is 0 Å². The molecule has 0 aromatic carbocycles. The normalized spacial score (nSPS) is 22.2. The molecular formula is C23H25N5S. The van der Waals surface area contributed by atoms with E-state index < -0.39 is 0 Å². The zero-order valence-electron chi connectivity index (χ0n) is 16.3. The van der Waals surface area contributed by atoms with E-state index >= 15 is 0 Å². The Hall–Kier alpha value is -2.73. The van der Waals surface area contributed by atoms with Crippen molar-refractivity contribution in [1.29, 1.82) is 0 Å². The van der Waals surface area contributed by atoms with E-state index in [1.165, 1.54) is 31.4 Å². The van der Waals surface area contributed by atoms with Crippen LogP contribution in [-0.4, -0.2) is 24.5 Å². The van der Waals surface area contributed by atoms with Crippen molar-refractivity contribution in [1.82, 2.24) is 24.8 Å². The summed E-state index contributed by atoms with van der Waals surface area (Å²) in [6, 6.07) is 17.2. The minimum absolute atomic E-state index is 0.0162. The third-order valence-electron chi connectivity index (χ3n) is 6.09. The van der Waals surface area contributed by atoms with Gasteiger partial charge < -0.3 is 14.8 Å². The maximum absolute atomic E-state index is 5.80. The molecule has 6 heteroatoms. The number of hydrogen-bond acceptors (Lipinski definition) is 3. The standard InChI is InChI=1S/C23H25N5S/c29-23-26-21(19-11-4-6-14-25-19)22(28(23)16-17-8-3-5-13-24-17)20-12-7-15-27(20)18-9-1-2-10-18/h3-8,11-15,18,21-22H,1-2,9-10,16H2,(H,26,29)/t21-,22+/m1/s1. The van der Waals surface area contributed by atoms with Gasteiger partial charge in [-0.2, -0.15) is 0 Å². The second-order valence-electron chi connectivity index (χ2n) is 7.85. The molecule has 2 atom stereocenters. The van der Waals surface area contributed by atoms with Crippen LogP contribution >= 0.6 is 12.2 Å². The summed E-state index contributed by atoms with van der Waals surface area (Å²) in [6.45, 7) is 0.677. The minimum Gasteiger partial charge on any atom is -0.352 e. The Kier molecular flexibility index (Phi) is 5.02. The highest BCUT2D eigenvalue weighted by Gasteiger charge is 2.41. The molecule has 1 aliphatic carbocycles. The fourth-order valence-corrected chi connectivity index (χ4v) is 5.04. The third kappa shape index (κ3) is 3.53. The van der Waals surface area contributed by atoms with Crippen molar-refractivity contribution >= 4 is 17.3 Å². The van der Waals surface area contributed by atoms with Crippen LogP contribution in [-0.2, 0) is 6.54 Å². The number of aromatic nitrogens is 3. The summed E-state index contributed by atoms with van der Waals surface area (Å²) in [5.74, 6) is 0. The molecule has 148 valence electrons. The lowest BCUT2D eigenvalue weighted by Crippen LogP contribution is -2.30. The summed E-state index contributed by atoms with van der Waals surface area (Å²) in [5.41, 5.74) is 3.33. The topological polar surface area (TPSA) is 46.0 Å². The van der Waals surface area contributed by atoms with Gasteiger partial charge in [0, 0.05) is 30.3 Å². The molecule has 2 aliphatic rings. The molecule has 0 amide bonds. The van der Waals surface area contributed by atoms with Crippen molar-refractivity contribution < 1.29 is 0 Å². The molecule has 1 saturated heterocycles. The van der Waals surface area contributed by atoms with Gasteiger partial charge in [0.2, 0.25) is 0 Å². The van der Waals surface area contributed by atoms with E-state index in [0.717, 1.165) is 16.5 Å². The highest BCUT2D eigenvalue weighted by atomic mass is 32.1. The van der Waals surface area contributed by atoms with Gasteiger partial charge in [-0.3, -0.25) is 9.97 Å². The number of nitrogens with zero attached hydrogens (tertiary/aromatic N) is 4. The Morgan fingerprint density at radius 1 is 0.966 bits per heavy atom. The second kappa shape index (κ2) is 7.95. The molecule has 0 bridgehead atoms. The van der Waals surface area contributed by atoms with Crippen LogP contribution in [0.4, 0.5) is 0 Å². The Labute approximate surface area is 176 Å². The molecule has 0 unspecified atom stereocenters. The van der Waals surface area contributed by atoms with Crippen molar-refractivity contribution in [3.63, 3.8) is 0 Å². The van der Waals surface area contributed by atoms with E-state index in [-0.39, 0.29) is 12.1 Å². The molecule has 5 rings (SSSR count). The molecule has 4 heterocycles. The average Bonchev–Trinajstić information content (AvgIpc) is 3.50. The van der Waals surface area contributed by atoms with Gasteiger partial charge in [-0.15, -0.1) is 0 Å².